The molecular weight excluding hydrogens is 216 g/mol. The van der Waals surface area contributed by atoms with Crippen LogP contribution in [0.4, 0.5) is 0 Å². The van der Waals surface area contributed by atoms with Gasteiger partial charge in [-0.1, -0.05) is 25.1 Å². The summed E-state index contributed by atoms with van der Waals surface area (Å²) < 4.78 is 10.9. The van der Waals surface area contributed by atoms with Crippen molar-refractivity contribution in [1.29, 1.82) is 0 Å². The van der Waals surface area contributed by atoms with Gasteiger partial charge in [0.2, 0.25) is 0 Å². The molecule has 0 bridgehead atoms. The molecule has 96 valence electrons. The van der Waals surface area contributed by atoms with Gasteiger partial charge < -0.3 is 14.6 Å². The molecule has 0 aromatic heterocycles. The Morgan fingerprint density at radius 2 is 1.88 bits per heavy atom. The lowest BCUT2D eigenvalue weighted by molar-refractivity contribution is 0.0840. The fourth-order valence-electron chi connectivity index (χ4n) is 1.46. The predicted molar refractivity (Wildman–Crippen MR) is 68.3 cm³/mol. The van der Waals surface area contributed by atoms with Crippen molar-refractivity contribution in [2.24, 2.45) is 0 Å². The lowest BCUT2D eigenvalue weighted by Crippen LogP contribution is -2.10. The minimum absolute atomic E-state index is 0.181. The number of hydrogen-bond donors (Lipinski definition) is 1. The Labute approximate surface area is 103 Å². The molecule has 17 heavy (non-hydrogen) atoms. The number of aliphatic hydroxyl groups excluding tert-OH is 1. The first-order chi connectivity index (χ1) is 8.33. The fraction of sp³-hybridized carbons (Fsp3) is 0.571. The molecule has 0 heterocycles. The van der Waals surface area contributed by atoms with E-state index in [0.717, 1.165) is 25.0 Å². The quantitative estimate of drug-likeness (QED) is 0.672. The van der Waals surface area contributed by atoms with Crippen LogP contribution in [0.1, 0.15) is 26.2 Å². The van der Waals surface area contributed by atoms with Gasteiger partial charge in [0.25, 0.3) is 0 Å². The van der Waals surface area contributed by atoms with Crippen molar-refractivity contribution in [3.63, 3.8) is 0 Å². The van der Waals surface area contributed by atoms with E-state index in [0.29, 0.717) is 19.8 Å². The largest absolute Gasteiger partial charge is 0.491 e. The summed E-state index contributed by atoms with van der Waals surface area (Å²) in [4.78, 5) is 0. The Hall–Kier alpha value is -1.06. The molecule has 0 spiro atoms. The maximum Gasteiger partial charge on any atom is 0.119 e. The third kappa shape index (κ3) is 6.97. The lowest BCUT2D eigenvalue weighted by Gasteiger charge is -2.08. The Bertz CT molecular complexity index is 274. The summed E-state index contributed by atoms with van der Waals surface area (Å²) >= 11 is 0. The number of rotatable bonds is 9. The first kappa shape index (κ1) is 14.0. The number of benzene rings is 1. The first-order valence-electron chi connectivity index (χ1n) is 6.26. The molecule has 0 saturated carbocycles. The van der Waals surface area contributed by atoms with E-state index in [-0.39, 0.29) is 6.10 Å². The van der Waals surface area contributed by atoms with Gasteiger partial charge in [0.05, 0.1) is 12.7 Å². The molecule has 0 aliphatic heterocycles. The number of para-hydroxylation sites is 1. The summed E-state index contributed by atoms with van der Waals surface area (Å²) in [5, 5.41) is 9.33. The Morgan fingerprint density at radius 3 is 2.59 bits per heavy atom. The van der Waals surface area contributed by atoms with Crippen molar-refractivity contribution in [1.82, 2.24) is 0 Å². The highest BCUT2D eigenvalue weighted by molar-refractivity contribution is 5.20. The van der Waals surface area contributed by atoms with Crippen molar-refractivity contribution < 1.29 is 14.6 Å². The van der Waals surface area contributed by atoms with Gasteiger partial charge in [-0.2, -0.15) is 0 Å². The number of hydrogen-bond acceptors (Lipinski definition) is 3. The monoisotopic (exact) mass is 238 g/mol. The van der Waals surface area contributed by atoms with E-state index in [4.69, 9.17) is 9.47 Å². The topological polar surface area (TPSA) is 38.7 Å². The van der Waals surface area contributed by atoms with Gasteiger partial charge in [0.15, 0.2) is 0 Å². The minimum Gasteiger partial charge on any atom is -0.491 e. The summed E-state index contributed by atoms with van der Waals surface area (Å²) in [6, 6.07) is 9.71. The summed E-state index contributed by atoms with van der Waals surface area (Å²) in [5.74, 6) is 0.873. The smallest absolute Gasteiger partial charge is 0.119 e. The Kier molecular flexibility index (Phi) is 7.43. The van der Waals surface area contributed by atoms with Crippen LogP contribution in [0.15, 0.2) is 30.3 Å². The van der Waals surface area contributed by atoms with Crippen LogP contribution in [0, 0.1) is 0 Å². The molecule has 0 fully saturated rings. The van der Waals surface area contributed by atoms with Crippen LogP contribution in [0.3, 0.4) is 0 Å². The lowest BCUT2D eigenvalue weighted by atomic mass is 10.2. The zero-order valence-corrected chi connectivity index (χ0v) is 10.5. The Balaban J connectivity index is 1.91. The molecule has 1 aromatic carbocycles. The van der Waals surface area contributed by atoms with E-state index in [1.165, 1.54) is 0 Å². The summed E-state index contributed by atoms with van der Waals surface area (Å²) in [6.45, 7) is 3.84. The molecule has 0 saturated heterocycles. The van der Waals surface area contributed by atoms with E-state index < -0.39 is 0 Å². The highest BCUT2D eigenvalue weighted by Gasteiger charge is 1.99. The van der Waals surface area contributed by atoms with Gasteiger partial charge >= 0.3 is 0 Å². The molecule has 1 aromatic rings. The molecule has 1 atom stereocenters. The summed E-state index contributed by atoms with van der Waals surface area (Å²) in [5.41, 5.74) is 0. The predicted octanol–water partition coefficient (Wildman–Crippen LogP) is 2.63. The van der Waals surface area contributed by atoms with Crippen LogP contribution in [-0.4, -0.2) is 31.0 Å². The molecule has 3 nitrogen and oxygen atoms in total. The van der Waals surface area contributed by atoms with Gasteiger partial charge in [-0.3, -0.25) is 0 Å². The highest BCUT2D eigenvalue weighted by Crippen LogP contribution is 2.07. The second kappa shape index (κ2) is 9.02. The standard InChI is InChI=1S/C14H22O3/c1-2-13(15)7-6-10-16-11-12-17-14-8-4-3-5-9-14/h3-5,8-9,13,15H,2,6-7,10-12H2,1H3. The summed E-state index contributed by atoms with van der Waals surface area (Å²) in [6.07, 6.45) is 2.35. The van der Waals surface area contributed by atoms with E-state index in [9.17, 15) is 5.11 Å². The molecule has 3 heteroatoms. The van der Waals surface area contributed by atoms with E-state index in [2.05, 4.69) is 0 Å². The van der Waals surface area contributed by atoms with Crippen LogP contribution >= 0.6 is 0 Å². The molecule has 1 N–H and O–H groups in total. The maximum atomic E-state index is 9.33. The average Bonchev–Trinajstić information content (AvgIpc) is 2.38. The van der Waals surface area contributed by atoms with Gasteiger partial charge in [0, 0.05) is 6.61 Å². The fourth-order valence-corrected chi connectivity index (χ4v) is 1.46. The minimum atomic E-state index is -0.181. The molecule has 0 aliphatic carbocycles. The number of aliphatic hydroxyl groups is 1. The average molecular weight is 238 g/mol. The molecule has 1 rings (SSSR count). The third-order valence-corrected chi connectivity index (χ3v) is 2.54. The molecule has 0 radical (unpaired) electrons. The second-order valence-electron chi connectivity index (χ2n) is 3.98. The van der Waals surface area contributed by atoms with Gasteiger partial charge in [0.1, 0.15) is 12.4 Å². The van der Waals surface area contributed by atoms with Crippen molar-refractivity contribution >= 4 is 0 Å². The molecule has 0 aliphatic rings. The van der Waals surface area contributed by atoms with Crippen molar-refractivity contribution in [3.05, 3.63) is 30.3 Å². The van der Waals surface area contributed by atoms with Crippen LogP contribution < -0.4 is 4.74 Å². The Morgan fingerprint density at radius 1 is 1.12 bits per heavy atom. The normalized spacial score (nSPS) is 12.4. The second-order valence-corrected chi connectivity index (χ2v) is 3.98. The van der Waals surface area contributed by atoms with Crippen molar-refractivity contribution in [2.75, 3.05) is 19.8 Å². The van der Waals surface area contributed by atoms with Crippen molar-refractivity contribution in [2.45, 2.75) is 32.3 Å². The van der Waals surface area contributed by atoms with Gasteiger partial charge in [-0.05, 0) is 31.4 Å². The van der Waals surface area contributed by atoms with E-state index >= 15 is 0 Å². The van der Waals surface area contributed by atoms with Crippen LogP contribution in [-0.2, 0) is 4.74 Å². The van der Waals surface area contributed by atoms with Crippen LogP contribution in [0.25, 0.3) is 0 Å². The molecule has 0 amide bonds. The van der Waals surface area contributed by atoms with Crippen LogP contribution in [0.5, 0.6) is 5.75 Å². The van der Waals surface area contributed by atoms with Crippen molar-refractivity contribution in [3.8, 4) is 5.75 Å². The first-order valence-corrected chi connectivity index (χ1v) is 6.26. The zero-order valence-electron chi connectivity index (χ0n) is 10.5. The zero-order chi connectivity index (χ0) is 12.3. The van der Waals surface area contributed by atoms with Crippen LogP contribution in [0.2, 0.25) is 0 Å². The van der Waals surface area contributed by atoms with Gasteiger partial charge in [-0.15, -0.1) is 0 Å². The van der Waals surface area contributed by atoms with Gasteiger partial charge in [-0.25, -0.2) is 0 Å². The summed E-state index contributed by atoms with van der Waals surface area (Å²) in [7, 11) is 0. The maximum absolute atomic E-state index is 9.33. The SMILES string of the molecule is CCC(O)CCCOCCOc1ccccc1. The van der Waals surface area contributed by atoms with E-state index in [1.807, 2.05) is 37.3 Å². The van der Waals surface area contributed by atoms with E-state index in [1.54, 1.807) is 0 Å². The molecular formula is C14H22O3. The highest BCUT2D eigenvalue weighted by atomic mass is 16.5. The molecule has 1 unspecified atom stereocenters. The number of ether oxygens (including phenoxy) is 2. The third-order valence-electron chi connectivity index (χ3n) is 2.54.